The quantitative estimate of drug-likeness (QED) is 0.456. The van der Waals surface area contributed by atoms with E-state index >= 15 is 0 Å². The van der Waals surface area contributed by atoms with E-state index < -0.39 is 32.7 Å². The number of anilines is 1. The molecule has 1 aromatic rings. The average molecular weight is 332 g/mol. The van der Waals surface area contributed by atoms with Gasteiger partial charge in [-0.15, -0.1) is 3.89 Å². The molecule has 1 aromatic carbocycles. The maximum absolute atomic E-state index is 12.7. The molecule has 1 aliphatic rings. The first-order valence-electron chi connectivity index (χ1n) is 6.26. The second kappa shape index (κ2) is 5.87. The number of rotatable bonds is 5. The Hall–Kier alpha value is -2.23. The number of methoxy groups -OCH3 is 1. The third-order valence-corrected chi connectivity index (χ3v) is 4.18. The van der Waals surface area contributed by atoms with Gasteiger partial charge in [0, 0.05) is 18.9 Å². The highest BCUT2D eigenvalue weighted by atomic mass is 32.3. The van der Waals surface area contributed by atoms with Gasteiger partial charge < -0.3 is 9.64 Å². The molecule has 1 amide bonds. The van der Waals surface area contributed by atoms with E-state index in [1.807, 2.05) is 0 Å². The van der Waals surface area contributed by atoms with E-state index in [0.717, 1.165) is 4.90 Å². The Morgan fingerprint density at radius 3 is 2.73 bits per heavy atom. The number of benzene rings is 1. The molecular weight excluding hydrogens is 319 g/mol. The Morgan fingerprint density at radius 1 is 1.50 bits per heavy atom. The predicted octanol–water partition coefficient (Wildman–Crippen LogP) is 1.26. The first-order chi connectivity index (χ1) is 10.2. The number of ether oxygens (including phenoxy) is 1. The Balaban J connectivity index is 2.32. The van der Waals surface area contributed by atoms with E-state index in [9.17, 15) is 27.2 Å². The molecule has 0 aromatic heterocycles. The highest BCUT2D eigenvalue weighted by Crippen LogP contribution is 2.35. The molecule has 0 N–H and O–H groups in total. The number of hydrogen-bond acceptors (Lipinski definition) is 6. The molecule has 0 aliphatic carbocycles. The van der Waals surface area contributed by atoms with Crippen LogP contribution in [0.15, 0.2) is 18.2 Å². The molecule has 0 spiro atoms. The normalized spacial score (nSPS) is 18.5. The highest BCUT2D eigenvalue weighted by molar-refractivity contribution is 7.86. The van der Waals surface area contributed by atoms with Gasteiger partial charge in [-0.2, -0.15) is 8.42 Å². The van der Waals surface area contributed by atoms with Crippen LogP contribution in [0.1, 0.15) is 6.42 Å². The topological polar surface area (TPSA) is 107 Å². The van der Waals surface area contributed by atoms with Gasteiger partial charge in [0.1, 0.15) is 11.4 Å². The third-order valence-electron chi connectivity index (χ3n) is 3.31. The second-order valence-corrected chi connectivity index (χ2v) is 6.30. The van der Waals surface area contributed by atoms with Gasteiger partial charge in [-0.3, -0.25) is 14.9 Å². The number of hydrogen-bond donors (Lipinski definition) is 0. The minimum Gasteiger partial charge on any atom is -0.496 e. The molecule has 10 heteroatoms. The summed E-state index contributed by atoms with van der Waals surface area (Å²) in [6.45, 7) is -0.0881. The number of nitro groups is 1. The fourth-order valence-electron chi connectivity index (χ4n) is 2.41. The number of nitrogens with zero attached hydrogens (tertiary/aromatic N) is 2. The average Bonchev–Trinajstić information content (AvgIpc) is 2.76. The fourth-order valence-corrected chi connectivity index (χ4v) is 3.20. The zero-order valence-corrected chi connectivity index (χ0v) is 12.4. The van der Waals surface area contributed by atoms with Crippen LogP contribution in [0.3, 0.4) is 0 Å². The Bertz CT molecular complexity index is 720. The van der Waals surface area contributed by atoms with Crippen molar-refractivity contribution in [3.05, 3.63) is 28.3 Å². The summed E-state index contributed by atoms with van der Waals surface area (Å²) < 4.78 is 39.0. The van der Waals surface area contributed by atoms with Gasteiger partial charge in [0.25, 0.3) is 5.69 Å². The lowest BCUT2D eigenvalue weighted by Crippen LogP contribution is -2.26. The van der Waals surface area contributed by atoms with Crippen LogP contribution < -0.4 is 9.64 Å². The molecule has 120 valence electrons. The van der Waals surface area contributed by atoms with Crippen molar-refractivity contribution in [2.24, 2.45) is 5.92 Å². The summed E-state index contributed by atoms with van der Waals surface area (Å²) in [7, 11) is -3.36. The van der Waals surface area contributed by atoms with Crippen LogP contribution in [0.2, 0.25) is 0 Å². The van der Waals surface area contributed by atoms with Crippen LogP contribution in [0.5, 0.6) is 5.75 Å². The minimum atomic E-state index is -4.71. The predicted molar refractivity (Wildman–Crippen MR) is 75.0 cm³/mol. The van der Waals surface area contributed by atoms with E-state index in [4.69, 9.17) is 4.74 Å². The first-order valence-corrected chi connectivity index (χ1v) is 7.81. The molecule has 8 nitrogen and oxygen atoms in total. The van der Waals surface area contributed by atoms with Gasteiger partial charge in [-0.05, 0) is 12.1 Å². The number of amides is 1. The van der Waals surface area contributed by atoms with E-state index in [2.05, 4.69) is 0 Å². The van der Waals surface area contributed by atoms with Crippen LogP contribution in [0.25, 0.3) is 0 Å². The molecule has 0 bridgehead atoms. The van der Waals surface area contributed by atoms with E-state index in [1.165, 1.54) is 25.3 Å². The molecule has 2 rings (SSSR count). The van der Waals surface area contributed by atoms with Gasteiger partial charge >= 0.3 is 10.2 Å². The van der Waals surface area contributed by atoms with E-state index in [0.29, 0.717) is 0 Å². The number of carbonyl (C=O) groups is 1. The number of carbonyl (C=O) groups excluding carboxylic acids is 1. The van der Waals surface area contributed by atoms with Crippen molar-refractivity contribution in [1.29, 1.82) is 0 Å². The smallest absolute Gasteiger partial charge is 0.302 e. The summed E-state index contributed by atoms with van der Waals surface area (Å²) in [6.07, 6.45) is -0.174. The van der Waals surface area contributed by atoms with Crippen LogP contribution >= 0.6 is 0 Å². The van der Waals surface area contributed by atoms with Crippen LogP contribution in [-0.2, 0) is 15.0 Å². The van der Waals surface area contributed by atoms with Crippen molar-refractivity contribution in [2.45, 2.75) is 6.42 Å². The Morgan fingerprint density at radius 2 is 2.18 bits per heavy atom. The number of halogens is 1. The van der Waals surface area contributed by atoms with Gasteiger partial charge in [-0.1, -0.05) is 0 Å². The lowest BCUT2D eigenvalue weighted by Gasteiger charge is -2.17. The minimum absolute atomic E-state index is 0.0366. The van der Waals surface area contributed by atoms with Gasteiger partial charge in [-0.25, -0.2) is 0 Å². The van der Waals surface area contributed by atoms with E-state index in [1.54, 1.807) is 0 Å². The molecule has 1 atom stereocenters. The maximum atomic E-state index is 12.7. The summed E-state index contributed by atoms with van der Waals surface area (Å²) in [4.78, 5) is 23.5. The first kappa shape index (κ1) is 16.1. The van der Waals surface area contributed by atoms with Crippen molar-refractivity contribution in [2.75, 3.05) is 24.3 Å². The highest BCUT2D eigenvalue weighted by Gasteiger charge is 2.36. The van der Waals surface area contributed by atoms with Crippen LogP contribution in [0.4, 0.5) is 15.3 Å². The Labute approximate surface area is 125 Å². The van der Waals surface area contributed by atoms with Crippen molar-refractivity contribution >= 4 is 27.5 Å². The monoisotopic (exact) mass is 332 g/mol. The summed E-state index contributed by atoms with van der Waals surface area (Å²) in [5.41, 5.74) is -0.300. The molecular formula is C12H13FN2O6S. The Kier molecular flexibility index (Phi) is 4.31. The molecule has 1 fully saturated rings. The molecule has 1 aliphatic heterocycles. The molecule has 1 unspecified atom stereocenters. The zero-order valence-electron chi connectivity index (χ0n) is 11.6. The summed E-state index contributed by atoms with van der Waals surface area (Å²) in [6, 6.07) is 3.97. The van der Waals surface area contributed by atoms with Crippen LogP contribution in [-0.4, -0.2) is 38.7 Å². The number of nitro benzene ring substituents is 1. The molecule has 1 saturated heterocycles. The lowest BCUT2D eigenvalue weighted by atomic mass is 10.1. The summed E-state index contributed by atoms with van der Waals surface area (Å²) in [5.74, 6) is -1.74. The fraction of sp³-hybridized carbons (Fsp3) is 0.417. The van der Waals surface area contributed by atoms with Crippen molar-refractivity contribution in [3.8, 4) is 5.75 Å². The van der Waals surface area contributed by atoms with Gasteiger partial charge in [0.2, 0.25) is 5.91 Å². The molecule has 0 saturated carbocycles. The molecule has 0 radical (unpaired) electrons. The van der Waals surface area contributed by atoms with E-state index in [-0.39, 0.29) is 30.1 Å². The third kappa shape index (κ3) is 3.50. The van der Waals surface area contributed by atoms with Crippen LogP contribution in [0, 0.1) is 16.0 Å². The van der Waals surface area contributed by atoms with Gasteiger partial charge in [0.15, 0.2) is 0 Å². The molecule has 1 heterocycles. The van der Waals surface area contributed by atoms with Crippen molar-refractivity contribution < 1.29 is 26.8 Å². The van der Waals surface area contributed by atoms with Crippen molar-refractivity contribution in [1.82, 2.24) is 0 Å². The largest absolute Gasteiger partial charge is 0.496 e. The second-order valence-electron chi connectivity index (χ2n) is 4.89. The summed E-state index contributed by atoms with van der Waals surface area (Å²) >= 11 is 0. The lowest BCUT2D eigenvalue weighted by molar-refractivity contribution is -0.384. The van der Waals surface area contributed by atoms with Crippen molar-refractivity contribution in [3.63, 3.8) is 0 Å². The van der Waals surface area contributed by atoms with Gasteiger partial charge in [0.05, 0.1) is 23.9 Å². The SMILES string of the molecule is COc1ccc(N2CC(CS(=O)(=O)F)CC2=O)c([N+](=O)[O-])c1. The summed E-state index contributed by atoms with van der Waals surface area (Å²) in [5, 5.41) is 11.1. The maximum Gasteiger partial charge on any atom is 0.302 e. The standard InChI is InChI=1S/C12H13FN2O6S/c1-21-9-2-3-10(11(5-9)15(17)18)14-6-8(4-12(14)16)7-22(13,19)20/h2-3,5,8H,4,6-7H2,1H3. The zero-order chi connectivity index (χ0) is 16.5. The molecule has 22 heavy (non-hydrogen) atoms.